The van der Waals surface area contributed by atoms with Gasteiger partial charge < -0.3 is 9.47 Å². The Morgan fingerprint density at radius 2 is 1.67 bits per heavy atom. The maximum Gasteiger partial charge on any atom is 0.169 e. The van der Waals surface area contributed by atoms with Crippen LogP contribution in [0.4, 0.5) is 0 Å². The van der Waals surface area contributed by atoms with Crippen molar-refractivity contribution in [1.82, 2.24) is 10.2 Å². The Morgan fingerprint density at radius 1 is 1.04 bits per heavy atom. The van der Waals surface area contributed by atoms with Crippen LogP contribution in [0, 0.1) is 11.3 Å². The zero-order valence-corrected chi connectivity index (χ0v) is 15.2. The number of hydrogen-bond donors (Lipinski definition) is 1. The van der Waals surface area contributed by atoms with Gasteiger partial charge in [-0.15, -0.1) is 0 Å². The highest BCUT2D eigenvalue weighted by Gasteiger charge is 2.37. The van der Waals surface area contributed by atoms with E-state index >= 15 is 0 Å². The van der Waals surface area contributed by atoms with Crippen molar-refractivity contribution in [3.05, 3.63) is 82.7 Å². The maximum atomic E-state index is 9.28. The van der Waals surface area contributed by atoms with Gasteiger partial charge in [0.05, 0.1) is 14.2 Å². The van der Waals surface area contributed by atoms with Gasteiger partial charge in [0.2, 0.25) is 0 Å². The summed E-state index contributed by atoms with van der Waals surface area (Å²) in [7, 11) is 3.33. The first-order valence-corrected chi connectivity index (χ1v) is 8.66. The number of allylic oxidation sites excluding steroid dienone is 1. The zero-order chi connectivity index (χ0) is 18.9. The van der Waals surface area contributed by atoms with Gasteiger partial charge >= 0.3 is 0 Å². The number of rotatable bonds is 4. The summed E-state index contributed by atoms with van der Waals surface area (Å²) in [5, 5.41) is 16.5. The molecule has 5 heteroatoms. The normalized spacial score (nSPS) is 14.3. The second-order valence-corrected chi connectivity index (χ2v) is 6.52. The van der Waals surface area contributed by atoms with E-state index in [9.17, 15) is 5.26 Å². The molecule has 0 bridgehead atoms. The molecule has 0 saturated heterocycles. The van der Waals surface area contributed by atoms with Crippen LogP contribution in [0.5, 0.6) is 11.5 Å². The topological polar surface area (TPSA) is 70.9 Å². The van der Waals surface area contributed by atoms with E-state index in [1.165, 1.54) is 0 Å². The van der Waals surface area contributed by atoms with Crippen molar-refractivity contribution in [2.45, 2.75) is 11.8 Å². The molecule has 0 unspecified atom stereocenters. The van der Waals surface area contributed by atoms with E-state index in [-0.39, 0.29) is 0 Å². The van der Waals surface area contributed by atoms with Crippen LogP contribution in [0.15, 0.2) is 54.6 Å². The Balaban J connectivity index is 1.93. The van der Waals surface area contributed by atoms with E-state index in [2.05, 4.69) is 46.6 Å². The average molecular weight is 357 g/mol. The molecule has 1 aromatic heterocycles. The minimum absolute atomic E-state index is 0.421. The molecule has 4 rings (SSSR count). The van der Waals surface area contributed by atoms with Crippen molar-refractivity contribution < 1.29 is 9.47 Å². The standard InChI is InChI=1S/C22H19N3O2/c1-26-17-7-3-5-15(11-17)22(16-6-4-8-18(12-16)27-2)10-9-19-20(13-22)24-25-21(19)14-23/h3-12H,13H2,1-2H3,(H,24,25). The van der Waals surface area contributed by atoms with Crippen LogP contribution >= 0.6 is 0 Å². The molecule has 0 amide bonds. The summed E-state index contributed by atoms with van der Waals surface area (Å²) in [6.07, 6.45) is 4.79. The Labute approximate surface area is 157 Å². The van der Waals surface area contributed by atoms with Gasteiger partial charge in [0.25, 0.3) is 0 Å². The molecule has 5 nitrogen and oxygen atoms in total. The van der Waals surface area contributed by atoms with Crippen LogP contribution in [0.3, 0.4) is 0 Å². The molecule has 27 heavy (non-hydrogen) atoms. The summed E-state index contributed by atoms with van der Waals surface area (Å²) in [5.41, 5.74) is 4.01. The summed E-state index contributed by atoms with van der Waals surface area (Å²) in [4.78, 5) is 0. The lowest BCUT2D eigenvalue weighted by Crippen LogP contribution is -2.30. The summed E-state index contributed by atoms with van der Waals surface area (Å²) in [6.45, 7) is 0. The van der Waals surface area contributed by atoms with Crippen LogP contribution in [0.25, 0.3) is 6.08 Å². The third kappa shape index (κ3) is 2.76. The van der Waals surface area contributed by atoms with Crippen molar-refractivity contribution >= 4 is 6.08 Å². The Morgan fingerprint density at radius 3 is 2.22 bits per heavy atom. The summed E-state index contributed by atoms with van der Waals surface area (Å²) < 4.78 is 10.9. The Hall–Kier alpha value is -3.52. The fourth-order valence-corrected chi connectivity index (χ4v) is 3.71. The minimum Gasteiger partial charge on any atom is -0.497 e. The first kappa shape index (κ1) is 16.9. The van der Waals surface area contributed by atoms with Crippen molar-refractivity contribution in [2.75, 3.05) is 14.2 Å². The molecular formula is C22H19N3O2. The highest BCUT2D eigenvalue weighted by atomic mass is 16.5. The van der Waals surface area contributed by atoms with Crippen molar-refractivity contribution in [1.29, 1.82) is 5.26 Å². The third-order valence-electron chi connectivity index (χ3n) is 5.15. The quantitative estimate of drug-likeness (QED) is 0.770. The molecule has 0 spiro atoms. The second kappa shape index (κ2) is 6.65. The maximum absolute atomic E-state index is 9.28. The lowest BCUT2D eigenvalue weighted by atomic mass is 9.68. The molecule has 0 fully saturated rings. The van der Waals surface area contributed by atoms with Crippen LogP contribution in [-0.2, 0) is 11.8 Å². The molecule has 3 aromatic rings. The van der Waals surface area contributed by atoms with Gasteiger partial charge in [0.15, 0.2) is 5.69 Å². The van der Waals surface area contributed by atoms with Crippen molar-refractivity contribution in [3.8, 4) is 17.6 Å². The number of hydrogen-bond acceptors (Lipinski definition) is 4. The van der Waals surface area contributed by atoms with Crippen LogP contribution in [0.2, 0.25) is 0 Å². The molecule has 0 saturated carbocycles. The number of nitriles is 1. The predicted octanol–water partition coefficient (Wildman–Crippen LogP) is 3.85. The van der Waals surface area contributed by atoms with E-state index in [1.54, 1.807) is 14.2 Å². The molecule has 1 N–H and O–H groups in total. The average Bonchev–Trinajstić information content (AvgIpc) is 3.15. The molecular weight excluding hydrogens is 338 g/mol. The van der Waals surface area contributed by atoms with Gasteiger partial charge in [-0.2, -0.15) is 10.4 Å². The number of H-pyrrole nitrogens is 1. The van der Waals surface area contributed by atoms with Crippen LogP contribution in [-0.4, -0.2) is 24.4 Å². The monoisotopic (exact) mass is 357 g/mol. The minimum atomic E-state index is -0.421. The van der Waals surface area contributed by atoms with Gasteiger partial charge in [0.1, 0.15) is 17.6 Å². The van der Waals surface area contributed by atoms with Gasteiger partial charge in [0, 0.05) is 23.1 Å². The number of benzene rings is 2. The van der Waals surface area contributed by atoms with Gasteiger partial charge in [-0.05, 0) is 35.4 Å². The molecule has 0 radical (unpaired) electrons. The van der Waals surface area contributed by atoms with Gasteiger partial charge in [-0.25, -0.2) is 0 Å². The highest BCUT2D eigenvalue weighted by Crippen LogP contribution is 2.43. The van der Waals surface area contributed by atoms with E-state index in [4.69, 9.17) is 9.47 Å². The number of nitrogens with zero attached hydrogens (tertiary/aromatic N) is 2. The lowest BCUT2D eigenvalue weighted by Gasteiger charge is -2.34. The highest BCUT2D eigenvalue weighted by molar-refractivity contribution is 5.66. The first-order chi connectivity index (χ1) is 13.2. The fraction of sp³-hybridized carbons (Fsp3) is 0.182. The second-order valence-electron chi connectivity index (χ2n) is 6.52. The molecule has 2 aromatic carbocycles. The van der Waals surface area contributed by atoms with Crippen LogP contribution in [0.1, 0.15) is 28.1 Å². The van der Waals surface area contributed by atoms with Gasteiger partial charge in [-0.1, -0.05) is 36.4 Å². The SMILES string of the molecule is COc1cccc(C2(c3cccc(OC)c3)C=Cc3c(C#N)n[nH]c3C2)c1. The Bertz CT molecular complexity index is 1010. The number of ether oxygens (including phenoxy) is 2. The van der Waals surface area contributed by atoms with Crippen molar-refractivity contribution in [2.24, 2.45) is 0 Å². The lowest BCUT2D eigenvalue weighted by molar-refractivity contribution is 0.411. The van der Waals surface area contributed by atoms with E-state index < -0.39 is 5.41 Å². The number of aromatic amines is 1. The zero-order valence-electron chi connectivity index (χ0n) is 15.2. The molecule has 1 aliphatic rings. The summed E-state index contributed by atoms with van der Waals surface area (Å²) in [5.74, 6) is 1.60. The fourth-order valence-electron chi connectivity index (χ4n) is 3.71. The molecule has 134 valence electrons. The number of methoxy groups -OCH3 is 2. The number of fused-ring (bicyclic) bond motifs is 1. The largest absolute Gasteiger partial charge is 0.497 e. The summed E-state index contributed by atoms with van der Waals surface area (Å²) >= 11 is 0. The van der Waals surface area contributed by atoms with E-state index in [0.717, 1.165) is 33.9 Å². The van der Waals surface area contributed by atoms with Gasteiger partial charge in [-0.3, -0.25) is 5.10 Å². The smallest absolute Gasteiger partial charge is 0.169 e. The number of aromatic nitrogens is 2. The molecule has 1 aliphatic carbocycles. The van der Waals surface area contributed by atoms with E-state index in [0.29, 0.717) is 12.1 Å². The first-order valence-electron chi connectivity index (χ1n) is 8.66. The van der Waals surface area contributed by atoms with Crippen LogP contribution < -0.4 is 9.47 Å². The summed E-state index contributed by atoms with van der Waals surface area (Å²) in [6, 6.07) is 18.3. The predicted molar refractivity (Wildman–Crippen MR) is 103 cm³/mol. The number of nitrogens with one attached hydrogen (secondary N) is 1. The molecule has 1 heterocycles. The third-order valence-corrected chi connectivity index (χ3v) is 5.15. The Kier molecular flexibility index (Phi) is 4.17. The molecule has 0 atom stereocenters. The van der Waals surface area contributed by atoms with E-state index in [1.807, 2.05) is 30.3 Å². The molecule has 0 aliphatic heterocycles. The van der Waals surface area contributed by atoms with Crippen molar-refractivity contribution in [3.63, 3.8) is 0 Å².